The lowest BCUT2D eigenvalue weighted by atomic mass is 9.81. The first-order valence-corrected chi connectivity index (χ1v) is 7.72. The van der Waals surface area contributed by atoms with Crippen LogP contribution in [0, 0.1) is 17.8 Å². The van der Waals surface area contributed by atoms with Crippen LogP contribution in [0.3, 0.4) is 0 Å². The summed E-state index contributed by atoms with van der Waals surface area (Å²) in [5.41, 5.74) is 3.06. The smallest absolute Gasteiger partial charge is 0.303 e. The Hall–Kier alpha value is -0.790. The molecule has 108 valence electrons. The van der Waals surface area contributed by atoms with Gasteiger partial charge in [-0.1, -0.05) is 25.0 Å². The Kier molecular flexibility index (Phi) is 4.08. The number of rotatable bonds is 2. The quantitative estimate of drug-likeness (QED) is 0.542. The average Bonchev–Trinajstić information content (AvgIpc) is 2.53. The Bertz CT molecular complexity index is 392. The average molecular weight is 264 g/mol. The van der Waals surface area contributed by atoms with Crippen LogP contribution < -0.4 is 0 Å². The first kappa shape index (κ1) is 14.6. The summed E-state index contributed by atoms with van der Waals surface area (Å²) >= 11 is 0. The van der Waals surface area contributed by atoms with Crippen LogP contribution in [0.5, 0.6) is 0 Å². The van der Waals surface area contributed by atoms with Gasteiger partial charge >= 0.3 is 5.97 Å². The third-order valence-electron chi connectivity index (χ3n) is 5.25. The minimum Gasteiger partial charge on any atom is -0.460 e. The van der Waals surface area contributed by atoms with Gasteiger partial charge in [0.05, 0.1) is 0 Å². The Morgan fingerprint density at radius 2 is 1.74 bits per heavy atom. The summed E-state index contributed by atoms with van der Waals surface area (Å²) in [7, 11) is 0. The zero-order valence-electron chi connectivity index (χ0n) is 13.1. The molecule has 0 aliphatic heterocycles. The van der Waals surface area contributed by atoms with E-state index in [2.05, 4.69) is 27.7 Å². The second-order valence-corrected chi connectivity index (χ2v) is 7.07. The largest absolute Gasteiger partial charge is 0.460 e. The maximum Gasteiger partial charge on any atom is 0.303 e. The molecule has 0 radical (unpaired) electrons. The third-order valence-corrected chi connectivity index (χ3v) is 5.25. The van der Waals surface area contributed by atoms with Gasteiger partial charge in [0.25, 0.3) is 0 Å². The van der Waals surface area contributed by atoms with Crippen LogP contribution in [-0.2, 0) is 9.53 Å². The van der Waals surface area contributed by atoms with Crippen molar-refractivity contribution in [3.8, 4) is 0 Å². The molecule has 2 rings (SSSR count). The normalized spacial score (nSPS) is 31.9. The van der Waals surface area contributed by atoms with Crippen LogP contribution in [0.25, 0.3) is 0 Å². The van der Waals surface area contributed by atoms with E-state index < -0.39 is 0 Å². The third kappa shape index (κ3) is 3.04. The van der Waals surface area contributed by atoms with E-state index in [0.717, 1.165) is 18.3 Å². The summed E-state index contributed by atoms with van der Waals surface area (Å²) in [5.74, 6) is 1.76. The maximum atomic E-state index is 11.3. The molecule has 0 spiro atoms. The van der Waals surface area contributed by atoms with Gasteiger partial charge in [-0.15, -0.1) is 0 Å². The summed E-state index contributed by atoms with van der Waals surface area (Å²) < 4.78 is 5.59. The Morgan fingerprint density at radius 1 is 1.11 bits per heavy atom. The maximum absolute atomic E-state index is 11.3. The number of carbonyl (C=O) groups excluding carboxylic acids is 1. The van der Waals surface area contributed by atoms with Crippen molar-refractivity contribution in [1.29, 1.82) is 0 Å². The highest BCUT2D eigenvalue weighted by Crippen LogP contribution is 2.46. The van der Waals surface area contributed by atoms with Gasteiger partial charge in [-0.05, 0) is 57.8 Å². The molecule has 0 saturated heterocycles. The van der Waals surface area contributed by atoms with Gasteiger partial charge in [0.1, 0.15) is 5.60 Å². The lowest BCUT2D eigenvalue weighted by Gasteiger charge is -2.34. The minimum atomic E-state index is -0.337. The fraction of sp³-hybridized carbons (Fsp3) is 0.824. The zero-order chi connectivity index (χ0) is 14.2. The lowest BCUT2D eigenvalue weighted by molar-refractivity contribution is -0.159. The number of hydrogen-bond donors (Lipinski definition) is 0. The highest BCUT2D eigenvalue weighted by Gasteiger charge is 2.38. The summed E-state index contributed by atoms with van der Waals surface area (Å²) in [6.45, 7) is 10.4. The number of allylic oxidation sites excluding steroid dienone is 2. The number of esters is 1. The molecular weight excluding hydrogens is 236 g/mol. The van der Waals surface area contributed by atoms with Gasteiger partial charge in [0.15, 0.2) is 0 Å². The van der Waals surface area contributed by atoms with E-state index in [1.165, 1.54) is 32.6 Å². The fourth-order valence-electron chi connectivity index (χ4n) is 3.96. The van der Waals surface area contributed by atoms with E-state index in [-0.39, 0.29) is 11.6 Å². The fourth-order valence-corrected chi connectivity index (χ4v) is 3.96. The van der Waals surface area contributed by atoms with Gasteiger partial charge in [-0.2, -0.15) is 0 Å². The highest BCUT2D eigenvalue weighted by molar-refractivity contribution is 5.66. The highest BCUT2D eigenvalue weighted by atomic mass is 16.6. The molecule has 19 heavy (non-hydrogen) atoms. The Balaban J connectivity index is 2.19. The second-order valence-electron chi connectivity index (χ2n) is 7.07. The molecule has 0 amide bonds. The predicted molar refractivity (Wildman–Crippen MR) is 77.8 cm³/mol. The lowest BCUT2D eigenvalue weighted by Crippen LogP contribution is -2.36. The van der Waals surface area contributed by atoms with Crippen LogP contribution in [0.4, 0.5) is 0 Å². The minimum absolute atomic E-state index is 0.157. The van der Waals surface area contributed by atoms with Gasteiger partial charge in [0.2, 0.25) is 0 Å². The number of hydrogen-bond acceptors (Lipinski definition) is 2. The molecule has 0 fully saturated rings. The second kappa shape index (κ2) is 5.30. The molecule has 0 heterocycles. The summed E-state index contributed by atoms with van der Waals surface area (Å²) in [5, 5.41) is 0. The van der Waals surface area contributed by atoms with E-state index in [1.807, 2.05) is 0 Å². The zero-order valence-corrected chi connectivity index (χ0v) is 13.1. The molecule has 0 aromatic rings. The van der Waals surface area contributed by atoms with Crippen molar-refractivity contribution in [3.63, 3.8) is 0 Å². The van der Waals surface area contributed by atoms with E-state index in [0.29, 0.717) is 5.92 Å². The van der Waals surface area contributed by atoms with Crippen molar-refractivity contribution in [2.45, 2.75) is 72.3 Å². The molecule has 2 aliphatic rings. The first-order valence-electron chi connectivity index (χ1n) is 7.72. The topological polar surface area (TPSA) is 26.3 Å². The monoisotopic (exact) mass is 264 g/mol. The first-order chi connectivity index (χ1) is 8.81. The van der Waals surface area contributed by atoms with Crippen LogP contribution in [-0.4, -0.2) is 11.6 Å². The molecule has 0 unspecified atom stereocenters. The van der Waals surface area contributed by atoms with Crippen LogP contribution in [0.2, 0.25) is 0 Å². The molecule has 0 bridgehead atoms. The van der Waals surface area contributed by atoms with Gasteiger partial charge in [-0.25, -0.2) is 0 Å². The van der Waals surface area contributed by atoms with Crippen molar-refractivity contribution in [3.05, 3.63) is 11.1 Å². The van der Waals surface area contributed by atoms with Crippen molar-refractivity contribution in [1.82, 2.24) is 0 Å². The van der Waals surface area contributed by atoms with Crippen molar-refractivity contribution in [2.75, 3.05) is 0 Å². The van der Waals surface area contributed by atoms with Crippen molar-refractivity contribution >= 4 is 5.97 Å². The molecule has 0 aromatic carbocycles. The van der Waals surface area contributed by atoms with Gasteiger partial charge in [0, 0.05) is 12.8 Å². The number of ether oxygens (including phenoxy) is 1. The molecular formula is C17H28O2. The van der Waals surface area contributed by atoms with Gasteiger partial charge < -0.3 is 4.74 Å². The van der Waals surface area contributed by atoms with Gasteiger partial charge in [-0.3, -0.25) is 4.79 Å². The molecule has 2 heteroatoms. The van der Waals surface area contributed by atoms with E-state index in [1.54, 1.807) is 11.1 Å². The predicted octanol–water partition coefficient (Wildman–Crippen LogP) is 4.49. The molecule has 0 saturated carbocycles. The SMILES string of the molecule is CC(=O)OC(C)(C)[C@H]1CC[C@H](C)C2=C(C1)[C@@H](C)CC2. The summed E-state index contributed by atoms with van der Waals surface area (Å²) in [6.07, 6.45) is 6.14. The Labute approximate surface area is 117 Å². The molecule has 3 atom stereocenters. The standard InChI is InChI=1S/C17H28O2/c1-11-6-8-14(17(4,5)19-13(3)18)10-16-12(2)7-9-15(11)16/h11-12,14H,6-10H2,1-5H3/t11-,12-,14-/m0/s1. The van der Waals surface area contributed by atoms with Crippen LogP contribution in [0.1, 0.15) is 66.7 Å². The molecule has 2 nitrogen and oxygen atoms in total. The molecule has 2 aliphatic carbocycles. The number of carbonyl (C=O) groups is 1. The summed E-state index contributed by atoms with van der Waals surface area (Å²) in [4.78, 5) is 11.3. The Morgan fingerprint density at radius 3 is 2.37 bits per heavy atom. The molecule has 0 N–H and O–H groups in total. The van der Waals surface area contributed by atoms with E-state index in [4.69, 9.17) is 4.74 Å². The van der Waals surface area contributed by atoms with Crippen LogP contribution >= 0.6 is 0 Å². The van der Waals surface area contributed by atoms with E-state index >= 15 is 0 Å². The molecule has 0 aromatic heterocycles. The van der Waals surface area contributed by atoms with E-state index in [9.17, 15) is 4.79 Å². The summed E-state index contributed by atoms with van der Waals surface area (Å²) in [6, 6.07) is 0. The van der Waals surface area contributed by atoms with Crippen molar-refractivity contribution < 1.29 is 9.53 Å². The van der Waals surface area contributed by atoms with Crippen molar-refractivity contribution in [2.24, 2.45) is 17.8 Å². The van der Waals surface area contributed by atoms with Crippen LogP contribution in [0.15, 0.2) is 11.1 Å².